The Labute approximate surface area is 166 Å². The summed E-state index contributed by atoms with van der Waals surface area (Å²) in [5.41, 5.74) is 3.42. The smallest absolute Gasteiger partial charge is 0.224 e. The van der Waals surface area contributed by atoms with Crippen molar-refractivity contribution in [3.8, 4) is 0 Å². The molecule has 5 heteroatoms. The fourth-order valence-electron chi connectivity index (χ4n) is 3.99. The van der Waals surface area contributed by atoms with Crippen LogP contribution in [0.1, 0.15) is 29.0 Å². The lowest BCUT2D eigenvalue weighted by molar-refractivity contribution is -0.127. The maximum atomic E-state index is 13.6. The first-order valence-electron chi connectivity index (χ1n) is 9.85. The van der Waals surface area contributed by atoms with Gasteiger partial charge in [0.15, 0.2) is 0 Å². The highest BCUT2D eigenvalue weighted by Crippen LogP contribution is 2.31. The Kier molecular flexibility index (Phi) is 7.18. The van der Waals surface area contributed by atoms with Gasteiger partial charge in [-0.3, -0.25) is 9.69 Å². The van der Waals surface area contributed by atoms with E-state index in [1.54, 1.807) is 19.2 Å². The van der Waals surface area contributed by atoms with Crippen molar-refractivity contribution in [2.45, 2.75) is 25.8 Å². The lowest BCUT2D eigenvalue weighted by Gasteiger charge is -2.37. The van der Waals surface area contributed by atoms with Gasteiger partial charge in [-0.2, -0.15) is 0 Å². The van der Waals surface area contributed by atoms with Gasteiger partial charge in [-0.05, 0) is 42.5 Å². The minimum Gasteiger partial charge on any atom is -0.383 e. The number of nitrogens with zero attached hydrogens (tertiary/aromatic N) is 1. The molecule has 150 valence electrons. The molecule has 0 radical (unpaired) electrons. The van der Waals surface area contributed by atoms with Crippen LogP contribution < -0.4 is 5.32 Å². The van der Waals surface area contributed by atoms with Crippen molar-refractivity contribution >= 4 is 5.91 Å². The molecule has 4 nitrogen and oxygen atoms in total. The first kappa shape index (κ1) is 20.5. The van der Waals surface area contributed by atoms with Crippen LogP contribution in [0.2, 0.25) is 0 Å². The van der Waals surface area contributed by atoms with Crippen molar-refractivity contribution in [2.75, 3.05) is 33.4 Å². The second-order valence-electron chi connectivity index (χ2n) is 7.65. The van der Waals surface area contributed by atoms with E-state index in [2.05, 4.69) is 41.4 Å². The third-order valence-corrected chi connectivity index (χ3v) is 5.31. The standard InChI is InChI=1S/C23H29FN2O2/c1-17-5-3-7-19(11-17)20-13-21(23(27)25-9-10-28-2)16-26(15-20)14-18-6-4-8-22(24)12-18/h3-8,11-12,20-21H,9-10,13-16H2,1-2H3,(H,25,27). The van der Waals surface area contributed by atoms with Gasteiger partial charge < -0.3 is 10.1 Å². The van der Waals surface area contributed by atoms with Crippen molar-refractivity contribution < 1.29 is 13.9 Å². The van der Waals surface area contributed by atoms with Crippen molar-refractivity contribution in [1.29, 1.82) is 0 Å². The molecular weight excluding hydrogens is 355 g/mol. The van der Waals surface area contributed by atoms with E-state index in [0.717, 1.165) is 18.5 Å². The maximum absolute atomic E-state index is 13.6. The third kappa shape index (κ3) is 5.63. The Morgan fingerprint density at radius 2 is 2.04 bits per heavy atom. The monoisotopic (exact) mass is 384 g/mol. The van der Waals surface area contributed by atoms with E-state index in [1.165, 1.54) is 17.2 Å². The number of amides is 1. The normalized spacial score (nSPS) is 20.1. The molecule has 3 rings (SSSR count). The molecule has 1 aliphatic rings. The number of halogens is 1. The predicted molar refractivity (Wildman–Crippen MR) is 109 cm³/mol. The molecule has 2 aromatic carbocycles. The van der Waals surface area contributed by atoms with Gasteiger partial charge in [0.2, 0.25) is 5.91 Å². The number of carbonyl (C=O) groups is 1. The highest BCUT2D eigenvalue weighted by molar-refractivity contribution is 5.79. The van der Waals surface area contributed by atoms with Gasteiger partial charge in [0.05, 0.1) is 12.5 Å². The second-order valence-corrected chi connectivity index (χ2v) is 7.65. The average Bonchev–Trinajstić information content (AvgIpc) is 2.68. The predicted octanol–water partition coefficient (Wildman–Crippen LogP) is 3.50. The number of nitrogens with one attached hydrogen (secondary N) is 1. The highest BCUT2D eigenvalue weighted by Gasteiger charge is 2.32. The first-order valence-corrected chi connectivity index (χ1v) is 9.85. The van der Waals surface area contributed by atoms with Gasteiger partial charge in [-0.1, -0.05) is 42.0 Å². The van der Waals surface area contributed by atoms with E-state index in [0.29, 0.717) is 26.2 Å². The Bertz CT molecular complexity index is 796. The van der Waals surface area contributed by atoms with Gasteiger partial charge >= 0.3 is 0 Å². The van der Waals surface area contributed by atoms with Crippen LogP contribution in [0.25, 0.3) is 0 Å². The number of ether oxygens (including phenoxy) is 1. The molecule has 2 unspecified atom stereocenters. The Balaban J connectivity index is 1.76. The summed E-state index contributed by atoms with van der Waals surface area (Å²) in [5.74, 6) is 0.0299. The van der Waals surface area contributed by atoms with Crippen LogP contribution in [0.3, 0.4) is 0 Å². The summed E-state index contributed by atoms with van der Waals surface area (Å²) in [6.07, 6.45) is 0.821. The van der Waals surface area contributed by atoms with Gasteiger partial charge in [-0.25, -0.2) is 4.39 Å². The van der Waals surface area contributed by atoms with Crippen LogP contribution >= 0.6 is 0 Å². The van der Waals surface area contributed by atoms with Gasteiger partial charge in [-0.15, -0.1) is 0 Å². The molecule has 1 fully saturated rings. The number of benzene rings is 2. The zero-order valence-corrected chi connectivity index (χ0v) is 16.7. The molecule has 0 saturated carbocycles. The summed E-state index contributed by atoms with van der Waals surface area (Å²) in [4.78, 5) is 15.0. The van der Waals surface area contributed by atoms with E-state index in [-0.39, 0.29) is 23.6 Å². The van der Waals surface area contributed by atoms with Crippen molar-refractivity contribution in [3.63, 3.8) is 0 Å². The maximum Gasteiger partial charge on any atom is 0.224 e. The molecule has 1 aliphatic heterocycles. The van der Waals surface area contributed by atoms with Crippen LogP contribution in [-0.4, -0.2) is 44.2 Å². The summed E-state index contributed by atoms with van der Waals surface area (Å²) in [7, 11) is 1.63. The van der Waals surface area contributed by atoms with E-state index in [1.807, 2.05) is 6.07 Å². The van der Waals surface area contributed by atoms with Crippen molar-refractivity contribution in [3.05, 3.63) is 71.0 Å². The number of hydrogen-bond acceptors (Lipinski definition) is 3. The lowest BCUT2D eigenvalue weighted by atomic mass is 9.83. The molecule has 1 saturated heterocycles. The first-order chi connectivity index (χ1) is 13.5. The van der Waals surface area contributed by atoms with Crippen LogP contribution in [0.5, 0.6) is 0 Å². The van der Waals surface area contributed by atoms with Crippen LogP contribution in [0, 0.1) is 18.7 Å². The Morgan fingerprint density at radius 3 is 2.79 bits per heavy atom. The average molecular weight is 384 g/mol. The second kappa shape index (κ2) is 9.80. The number of likely N-dealkylation sites (tertiary alicyclic amines) is 1. The minimum absolute atomic E-state index is 0.0682. The molecule has 0 bridgehead atoms. The third-order valence-electron chi connectivity index (χ3n) is 5.31. The van der Waals surface area contributed by atoms with Crippen molar-refractivity contribution in [2.24, 2.45) is 5.92 Å². The summed E-state index contributed by atoms with van der Waals surface area (Å²) >= 11 is 0. The molecular formula is C23H29FN2O2. The molecule has 2 atom stereocenters. The molecule has 28 heavy (non-hydrogen) atoms. The Hall–Kier alpha value is -2.24. The number of rotatable bonds is 7. The highest BCUT2D eigenvalue weighted by atomic mass is 19.1. The van der Waals surface area contributed by atoms with Crippen LogP contribution in [0.15, 0.2) is 48.5 Å². The number of hydrogen-bond donors (Lipinski definition) is 1. The van der Waals surface area contributed by atoms with Crippen molar-refractivity contribution in [1.82, 2.24) is 10.2 Å². The number of piperidine rings is 1. The quantitative estimate of drug-likeness (QED) is 0.743. The molecule has 2 aromatic rings. The zero-order valence-electron chi connectivity index (χ0n) is 16.7. The van der Waals surface area contributed by atoms with Gasteiger partial charge in [0, 0.05) is 33.3 Å². The molecule has 1 amide bonds. The van der Waals surface area contributed by atoms with Crippen LogP contribution in [0.4, 0.5) is 4.39 Å². The van der Waals surface area contributed by atoms with Crippen LogP contribution in [-0.2, 0) is 16.1 Å². The fraction of sp³-hybridized carbons (Fsp3) is 0.435. The lowest BCUT2D eigenvalue weighted by Crippen LogP contribution is -2.46. The van der Waals surface area contributed by atoms with Gasteiger partial charge in [0.1, 0.15) is 5.82 Å². The SMILES string of the molecule is COCCNC(=O)C1CC(c2cccc(C)c2)CN(Cc2cccc(F)c2)C1. The summed E-state index contributed by atoms with van der Waals surface area (Å²) in [6.45, 7) is 5.30. The number of aryl methyl sites for hydroxylation is 1. The number of carbonyl (C=O) groups excluding carboxylic acids is 1. The summed E-state index contributed by atoms with van der Waals surface area (Å²) in [5, 5.41) is 2.98. The Morgan fingerprint density at radius 1 is 1.21 bits per heavy atom. The largest absolute Gasteiger partial charge is 0.383 e. The summed E-state index contributed by atoms with van der Waals surface area (Å²) in [6, 6.07) is 15.2. The molecule has 1 heterocycles. The number of methoxy groups -OCH3 is 1. The summed E-state index contributed by atoms with van der Waals surface area (Å²) < 4.78 is 18.6. The minimum atomic E-state index is -0.224. The molecule has 1 N–H and O–H groups in total. The molecule has 0 spiro atoms. The molecule has 0 aromatic heterocycles. The molecule has 0 aliphatic carbocycles. The zero-order chi connectivity index (χ0) is 19.9. The fourth-order valence-corrected chi connectivity index (χ4v) is 3.99. The van der Waals surface area contributed by atoms with E-state index < -0.39 is 0 Å². The van der Waals surface area contributed by atoms with Gasteiger partial charge in [0.25, 0.3) is 0 Å². The topological polar surface area (TPSA) is 41.6 Å². The van der Waals surface area contributed by atoms with E-state index in [9.17, 15) is 9.18 Å². The van der Waals surface area contributed by atoms with E-state index >= 15 is 0 Å². The van der Waals surface area contributed by atoms with E-state index in [4.69, 9.17) is 4.74 Å².